The van der Waals surface area contributed by atoms with E-state index in [2.05, 4.69) is 10.1 Å². The monoisotopic (exact) mass is 258 g/mol. The molecule has 0 aromatic carbocycles. The average molecular weight is 258 g/mol. The number of hydrogen-bond acceptors (Lipinski definition) is 4. The second kappa shape index (κ2) is 7.36. The van der Waals surface area contributed by atoms with Crippen LogP contribution in [0, 0.1) is 5.92 Å². The molecule has 0 radical (unpaired) electrons. The van der Waals surface area contributed by atoms with Crippen LogP contribution in [-0.4, -0.2) is 49.6 Å². The Labute approximate surface area is 110 Å². The first-order valence-corrected chi connectivity index (χ1v) is 6.29. The van der Waals surface area contributed by atoms with Crippen molar-refractivity contribution in [2.45, 2.75) is 39.7 Å². The van der Waals surface area contributed by atoms with Crippen molar-refractivity contribution < 1.29 is 14.3 Å². The predicted molar refractivity (Wildman–Crippen MR) is 71.2 cm³/mol. The quantitative estimate of drug-likeness (QED) is 0.693. The average Bonchev–Trinajstić information content (AvgIpc) is 2.26. The maximum Gasteiger partial charge on any atom is 0.309 e. The Morgan fingerprint density at radius 2 is 1.94 bits per heavy atom. The van der Waals surface area contributed by atoms with Crippen LogP contribution in [0.25, 0.3) is 0 Å². The molecule has 0 fully saturated rings. The third kappa shape index (κ3) is 6.59. The molecule has 1 unspecified atom stereocenters. The van der Waals surface area contributed by atoms with Gasteiger partial charge in [0.1, 0.15) is 0 Å². The molecule has 0 bridgehead atoms. The standard InChI is InChI=1S/C13H26N2O3/c1-7-13(3,4)14-11(16)9-15(5)8-10(2)12(17)18-6/h10H,7-9H2,1-6H3,(H,14,16). The highest BCUT2D eigenvalue weighted by Gasteiger charge is 2.20. The van der Waals surface area contributed by atoms with Gasteiger partial charge in [0.2, 0.25) is 5.91 Å². The second-order valence-electron chi connectivity index (χ2n) is 5.41. The van der Waals surface area contributed by atoms with Gasteiger partial charge < -0.3 is 10.1 Å². The largest absolute Gasteiger partial charge is 0.469 e. The van der Waals surface area contributed by atoms with Crippen LogP contribution in [0.4, 0.5) is 0 Å². The van der Waals surface area contributed by atoms with Gasteiger partial charge in [0.15, 0.2) is 0 Å². The van der Waals surface area contributed by atoms with Crippen LogP contribution in [0.15, 0.2) is 0 Å². The Hall–Kier alpha value is -1.10. The van der Waals surface area contributed by atoms with Gasteiger partial charge in [0, 0.05) is 12.1 Å². The van der Waals surface area contributed by atoms with E-state index in [1.807, 2.05) is 32.7 Å². The normalized spacial score (nSPS) is 13.3. The number of carbonyl (C=O) groups is 2. The number of likely N-dealkylation sites (N-methyl/N-ethyl adjacent to an activating group) is 1. The number of methoxy groups -OCH3 is 1. The van der Waals surface area contributed by atoms with Gasteiger partial charge in [-0.15, -0.1) is 0 Å². The lowest BCUT2D eigenvalue weighted by atomic mass is 10.0. The first kappa shape index (κ1) is 16.9. The maximum atomic E-state index is 11.8. The molecule has 0 saturated heterocycles. The van der Waals surface area contributed by atoms with Crippen LogP contribution in [0.2, 0.25) is 0 Å². The first-order chi connectivity index (χ1) is 8.21. The van der Waals surface area contributed by atoms with E-state index < -0.39 is 0 Å². The summed E-state index contributed by atoms with van der Waals surface area (Å²) >= 11 is 0. The molecule has 0 aromatic heterocycles. The Morgan fingerprint density at radius 1 is 1.39 bits per heavy atom. The molecule has 1 N–H and O–H groups in total. The highest BCUT2D eigenvalue weighted by Crippen LogP contribution is 2.07. The van der Waals surface area contributed by atoms with Gasteiger partial charge in [-0.2, -0.15) is 0 Å². The number of amides is 1. The molecule has 0 aliphatic carbocycles. The van der Waals surface area contributed by atoms with E-state index in [4.69, 9.17) is 0 Å². The summed E-state index contributed by atoms with van der Waals surface area (Å²) in [5.74, 6) is -0.510. The Kier molecular flexibility index (Phi) is 6.91. The van der Waals surface area contributed by atoms with Crippen molar-refractivity contribution in [3.8, 4) is 0 Å². The maximum absolute atomic E-state index is 11.8. The molecule has 18 heavy (non-hydrogen) atoms. The number of esters is 1. The Balaban J connectivity index is 4.13. The SMILES string of the molecule is CCC(C)(C)NC(=O)CN(C)CC(C)C(=O)OC. The fourth-order valence-electron chi connectivity index (χ4n) is 1.56. The summed E-state index contributed by atoms with van der Waals surface area (Å²) in [6.45, 7) is 8.58. The summed E-state index contributed by atoms with van der Waals surface area (Å²) in [7, 11) is 3.19. The highest BCUT2D eigenvalue weighted by molar-refractivity contribution is 5.79. The van der Waals surface area contributed by atoms with E-state index in [9.17, 15) is 9.59 Å². The highest BCUT2D eigenvalue weighted by atomic mass is 16.5. The summed E-state index contributed by atoms with van der Waals surface area (Å²) in [4.78, 5) is 24.9. The minimum atomic E-state index is -0.254. The van der Waals surface area contributed by atoms with Crippen molar-refractivity contribution >= 4 is 11.9 Å². The second-order valence-corrected chi connectivity index (χ2v) is 5.41. The lowest BCUT2D eigenvalue weighted by molar-refractivity contribution is -0.145. The molecule has 0 spiro atoms. The minimum absolute atomic E-state index is 0.0265. The summed E-state index contributed by atoms with van der Waals surface area (Å²) < 4.78 is 4.65. The molecule has 0 saturated carbocycles. The van der Waals surface area contributed by atoms with Crippen molar-refractivity contribution in [2.24, 2.45) is 5.92 Å². The summed E-state index contributed by atoms with van der Waals surface area (Å²) in [5.41, 5.74) is -0.189. The molecule has 1 atom stereocenters. The van der Waals surface area contributed by atoms with E-state index >= 15 is 0 Å². The fraction of sp³-hybridized carbons (Fsp3) is 0.846. The Bertz CT molecular complexity index is 290. The van der Waals surface area contributed by atoms with Crippen LogP contribution in [0.5, 0.6) is 0 Å². The van der Waals surface area contributed by atoms with Crippen LogP contribution < -0.4 is 5.32 Å². The van der Waals surface area contributed by atoms with Crippen LogP contribution in [-0.2, 0) is 14.3 Å². The van der Waals surface area contributed by atoms with Gasteiger partial charge >= 0.3 is 5.97 Å². The number of nitrogens with one attached hydrogen (secondary N) is 1. The molecule has 106 valence electrons. The van der Waals surface area contributed by atoms with Gasteiger partial charge in [0.25, 0.3) is 0 Å². The molecule has 5 heteroatoms. The van der Waals surface area contributed by atoms with Gasteiger partial charge in [-0.1, -0.05) is 13.8 Å². The third-order valence-corrected chi connectivity index (χ3v) is 2.96. The lowest BCUT2D eigenvalue weighted by Gasteiger charge is -2.26. The zero-order valence-electron chi connectivity index (χ0n) is 12.4. The summed E-state index contributed by atoms with van der Waals surface area (Å²) in [6.07, 6.45) is 0.876. The zero-order chi connectivity index (χ0) is 14.3. The molecule has 5 nitrogen and oxygen atoms in total. The van der Waals surface area contributed by atoms with Crippen molar-refractivity contribution in [1.29, 1.82) is 0 Å². The van der Waals surface area contributed by atoms with E-state index in [-0.39, 0.29) is 29.9 Å². The predicted octanol–water partition coefficient (Wildman–Crippen LogP) is 1.03. The van der Waals surface area contributed by atoms with Crippen LogP contribution >= 0.6 is 0 Å². The van der Waals surface area contributed by atoms with Crippen molar-refractivity contribution in [3.63, 3.8) is 0 Å². The van der Waals surface area contributed by atoms with Gasteiger partial charge in [-0.05, 0) is 27.3 Å². The van der Waals surface area contributed by atoms with Gasteiger partial charge in [-0.25, -0.2) is 0 Å². The molecular weight excluding hydrogens is 232 g/mol. The van der Waals surface area contributed by atoms with Gasteiger partial charge in [0.05, 0.1) is 19.6 Å². The van der Waals surface area contributed by atoms with Crippen molar-refractivity contribution in [2.75, 3.05) is 27.2 Å². The number of ether oxygens (including phenoxy) is 1. The summed E-state index contributed by atoms with van der Waals surface area (Å²) in [6, 6.07) is 0. The summed E-state index contributed by atoms with van der Waals surface area (Å²) in [5, 5.41) is 2.96. The molecule has 0 heterocycles. The first-order valence-electron chi connectivity index (χ1n) is 6.29. The van der Waals surface area contributed by atoms with E-state index in [0.717, 1.165) is 6.42 Å². The Morgan fingerprint density at radius 3 is 2.39 bits per heavy atom. The number of carbonyl (C=O) groups excluding carboxylic acids is 2. The topological polar surface area (TPSA) is 58.6 Å². The number of hydrogen-bond donors (Lipinski definition) is 1. The van der Waals surface area contributed by atoms with Crippen LogP contribution in [0.1, 0.15) is 34.1 Å². The van der Waals surface area contributed by atoms with Gasteiger partial charge in [-0.3, -0.25) is 14.5 Å². The minimum Gasteiger partial charge on any atom is -0.469 e. The zero-order valence-corrected chi connectivity index (χ0v) is 12.4. The number of rotatable bonds is 7. The molecule has 0 aliphatic heterocycles. The molecular formula is C13H26N2O3. The van der Waals surface area contributed by atoms with E-state index in [0.29, 0.717) is 6.54 Å². The lowest BCUT2D eigenvalue weighted by Crippen LogP contribution is -2.47. The molecule has 0 rings (SSSR count). The molecule has 0 aromatic rings. The van der Waals surface area contributed by atoms with E-state index in [1.54, 1.807) is 6.92 Å². The van der Waals surface area contributed by atoms with Crippen LogP contribution in [0.3, 0.4) is 0 Å². The van der Waals surface area contributed by atoms with Crippen molar-refractivity contribution in [1.82, 2.24) is 10.2 Å². The third-order valence-electron chi connectivity index (χ3n) is 2.96. The van der Waals surface area contributed by atoms with Crippen molar-refractivity contribution in [3.05, 3.63) is 0 Å². The fourth-order valence-corrected chi connectivity index (χ4v) is 1.56. The molecule has 0 aliphatic rings. The van der Waals surface area contributed by atoms with E-state index in [1.165, 1.54) is 7.11 Å². The molecule has 1 amide bonds. The number of nitrogens with zero attached hydrogens (tertiary/aromatic N) is 1. The smallest absolute Gasteiger partial charge is 0.309 e.